The van der Waals surface area contributed by atoms with Gasteiger partial charge in [-0.2, -0.15) is 8.78 Å². The number of methoxy groups -OCH3 is 1. The Labute approximate surface area is 87.2 Å². The van der Waals surface area contributed by atoms with E-state index in [0.29, 0.717) is 6.42 Å². The second kappa shape index (κ2) is 15.1. The molecule has 0 aliphatic carbocycles. The number of halogens is 2. The molecule has 0 radical (unpaired) electrons. The van der Waals surface area contributed by atoms with Crippen LogP contribution in [0, 0.1) is 0 Å². The molecule has 0 spiro atoms. The molecule has 0 heterocycles. The molecule has 0 amide bonds. The van der Waals surface area contributed by atoms with Crippen LogP contribution in [0.15, 0.2) is 12.2 Å². The van der Waals surface area contributed by atoms with Gasteiger partial charge >= 0.3 is 0 Å². The molecule has 0 aliphatic heterocycles. The molecular weight excluding hydrogens is 186 g/mol. The molecule has 0 unspecified atom stereocenters. The Balaban J connectivity index is -0.000000266. The van der Waals surface area contributed by atoms with Crippen molar-refractivity contribution in [1.82, 2.24) is 0 Å². The minimum atomic E-state index is -2.80. The molecule has 0 atom stereocenters. The summed E-state index contributed by atoms with van der Waals surface area (Å²) < 4.78 is 29.1. The SMILES string of the molecule is CC.CC.CC/C=C/C(F)(F)COC. The molecule has 0 saturated heterocycles. The van der Waals surface area contributed by atoms with Gasteiger partial charge in [0.05, 0.1) is 0 Å². The van der Waals surface area contributed by atoms with E-state index in [2.05, 4.69) is 4.74 Å². The van der Waals surface area contributed by atoms with Crippen LogP contribution in [0.5, 0.6) is 0 Å². The Morgan fingerprint density at radius 2 is 1.57 bits per heavy atom. The molecule has 0 saturated carbocycles. The van der Waals surface area contributed by atoms with E-state index in [1.807, 2.05) is 27.7 Å². The highest BCUT2D eigenvalue weighted by molar-refractivity contribution is 4.93. The van der Waals surface area contributed by atoms with E-state index in [1.165, 1.54) is 13.2 Å². The summed E-state index contributed by atoms with van der Waals surface area (Å²) in [6, 6.07) is 0. The fraction of sp³-hybridized carbons (Fsp3) is 0.818. The van der Waals surface area contributed by atoms with Crippen molar-refractivity contribution in [1.29, 1.82) is 0 Å². The molecule has 88 valence electrons. The molecule has 0 fully saturated rings. The predicted molar refractivity (Wildman–Crippen MR) is 59.0 cm³/mol. The van der Waals surface area contributed by atoms with E-state index < -0.39 is 12.5 Å². The lowest BCUT2D eigenvalue weighted by Gasteiger charge is -2.08. The molecular formula is C11H24F2O. The van der Waals surface area contributed by atoms with Crippen molar-refractivity contribution in [3.05, 3.63) is 12.2 Å². The van der Waals surface area contributed by atoms with E-state index in [4.69, 9.17) is 0 Å². The summed E-state index contributed by atoms with van der Waals surface area (Å²) in [5.41, 5.74) is 0. The van der Waals surface area contributed by atoms with Crippen molar-refractivity contribution in [3.63, 3.8) is 0 Å². The molecule has 14 heavy (non-hydrogen) atoms. The van der Waals surface area contributed by atoms with Crippen LogP contribution in [0.3, 0.4) is 0 Å². The second-order valence-corrected chi connectivity index (χ2v) is 2.00. The van der Waals surface area contributed by atoms with Crippen LogP contribution < -0.4 is 0 Å². The van der Waals surface area contributed by atoms with Crippen molar-refractivity contribution < 1.29 is 13.5 Å². The number of rotatable bonds is 4. The van der Waals surface area contributed by atoms with Gasteiger partial charge in [0, 0.05) is 7.11 Å². The van der Waals surface area contributed by atoms with Crippen LogP contribution >= 0.6 is 0 Å². The maximum Gasteiger partial charge on any atom is 0.289 e. The zero-order valence-corrected chi connectivity index (χ0v) is 10.2. The summed E-state index contributed by atoms with van der Waals surface area (Å²) >= 11 is 0. The lowest BCUT2D eigenvalue weighted by molar-refractivity contribution is -0.0233. The molecule has 0 aliphatic rings. The Hall–Kier alpha value is -0.440. The van der Waals surface area contributed by atoms with Crippen LogP contribution in [0.4, 0.5) is 8.78 Å². The van der Waals surface area contributed by atoms with E-state index in [9.17, 15) is 8.78 Å². The first-order valence-corrected chi connectivity index (χ1v) is 5.17. The molecule has 0 aromatic carbocycles. The van der Waals surface area contributed by atoms with Gasteiger partial charge < -0.3 is 4.74 Å². The van der Waals surface area contributed by atoms with Crippen LogP contribution in [0.1, 0.15) is 41.0 Å². The zero-order chi connectivity index (χ0) is 12.0. The maximum atomic E-state index is 12.4. The number of ether oxygens (including phenoxy) is 1. The normalized spacial score (nSPS) is 10.0. The fourth-order valence-electron chi connectivity index (χ4n) is 0.531. The van der Waals surface area contributed by atoms with Gasteiger partial charge in [0.1, 0.15) is 6.61 Å². The average molecular weight is 210 g/mol. The van der Waals surface area contributed by atoms with Gasteiger partial charge in [-0.1, -0.05) is 40.7 Å². The van der Waals surface area contributed by atoms with Gasteiger partial charge in [0.25, 0.3) is 5.92 Å². The van der Waals surface area contributed by atoms with Gasteiger partial charge in [0.15, 0.2) is 0 Å². The Morgan fingerprint density at radius 1 is 1.14 bits per heavy atom. The van der Waals surface area contributed by atoms with Crippen LogP contribution in [0.25, 0.3) is 0 Å². The lowest BCUT2D eigenvalue weighted by Crippen LogP contribution is -2.19. The Bertz CT molecular complexity index is 112. The predicted octanol–water partition coefficient (Wildman–Crippen LogP) is 4.29. The smallest absolute Gasteiger partial charge is 0.289 e. The molecule has 0 aromatic heterocycles. The Kier molecular flexibility index (Phi) is 20.6. The average Bonchev–Trinajstić information content (AvgIpc) is 2.21. The number of hydrogen-bond acceptors (Lipinski definition) is 1. The largest absolute Gasteiger partial charge is 0.378 e. The van der Waals surface area contributed by atoms with Crippen molar-refractivity contribution >= 4 is 0 Å². The highest BCUT2D eigenvalue weighted by atomic mass is 19.3. The first-order chi connectivity index (χ1) is 6.62. The Morgan fingerprint density at radius 3 is 1.86 bits per heavy atom. The highest BCUT2D eigenvalue weighted by Gasteiger charge is 2.23. The quantitative estimate of drug-likeness (QED) is 0.629. The monoisotopic (exact) mass is 210 g/mol. The maximum absolute atomic E-state index is 12.4. The highest BCUT2D eigenvalue weighted by Crippen LogP contribution is 2.15. The van der Waals surface area contributed by atoms with E-state index in [-0.39, 0.29) is 0 Å². The van der Waals surface area contributed by atoms with Crippen LogP contribution in [-0.2, 0) is 4.74 Å². The van der Waals surface area contributed by atoms with Crippen LogP contribution in [-0.4, -0.2) is 19.6 Å². The second-order valence-electron chi connectivity index (χ2n) is 2.00. The third-order valence-electron chi connectivity index (χ3n) is 0.934. The van der Waals surface area contributed by atoms with Gasteiger partial charge in [-0.05, 0) is 12.5 Å². The van der Waals surface area contributed by atoms with Crippen LogP contribution in [0.2, 0.25) is 0 Å². The first kappa shape index (κ1) is 19.2. The first-order valence-electron chi connectivity index (χ1n) is 5.17. The third kappa shape index (κ3) is 17.6. The fourth-order valence-corrected chi connectivity index (χ4v) is 0.531. The molecule has 0 N–H and O–H groups in total. The summed E-state index contributed by atoms with van der Waals surface area (Å²) in [5.74, 6) is -2.80. The van der Waals surface area contributed by atoms with Crippen molar-refractivity contribution in [2.75, 3.05) is 13.7 Å². The van der Waals surface area contributed by atoms with Gasteiger partial charge in [-0.3, -0.25) is 0 Å². The van der Waals surface area contributed by atoms with E-state index in [1.54, 1.807) is 6.92 Å². The van der Waals surface area contributed by atoms with Gasteiger partial charge in [0.2, 0.25) is 0 Å². The molecule has 0 rings (SSSR count). The summed E-state index contributed by atoms with van der Waals surface area (Å²) in [4.78, 5) is 0. The lowest BCUT2D eigenvalue weighted by atomic mass is 10.3. The molecule has 0 bridgehead atoms. The number of alkyl halides is 2. The molecule has 1 nitrogen and oxygen atoms in total. The number of hydrogen-bond donors (Lipinski definition) is 0. The van der Waals surface area contributed by atoms with E-state index >= 15 is 0 Å². The summed E-state index contributed by atoms with van der Waals surface area (Å²) in [5, 5.41) is 0. The number of allylic oxidation sites excluding steroid dienone is 1. The van der Waals surface area contributed by atoms with Gasteiger partial charge in [-0.25, -0.2) is 0 Å². The van der Waals surface area contributed by atoms with Gasteiger partial charge in [-0.15, -0.1) is 0 Å². The summed E-state index contributed by atoms with van der Waals surface area (Å²) in [7, 11) is 1.26. The van der Waals surface area contributed by atoms with E-state index in [0.717, 1.165) is 6.08 Å². The summed E-state index contributed by atoms with van der Waals surface area (Å²) in [6.07, 6.45) is 2.93. The van der Waals surface area contributed by atoms with Crippen molar-refractivity contribution in [3.8, 4) is 0 Å². The minimum absolute atomic E-state index is 0.538. The van der Waals surface area contributed by atoms with Crippen molar-refractivity contribution in [2.24, 2.45) is 0 Å². The topological polar surface area (TPSA) is 9.23 Å². The molecule has 0 aromatic rings. The third-order valence-corrected chi connectivity index (χ3v) is 0.934. The standard InChI is InChI=1S/C7H12F2O.2C2H6/c1-3-4-5-7(8,9)6-10-2;2*1-2/h4-5H,3,6H2,1-2H3;2*1-2H3/b5-4+;;. The minimum Gasteiger partial charge on any atom is -0.378 e. The zero-order valence-electron chi connectivity index (χ0n) is 10.2. The summed E-state index contributed by atoms with van der Waals surface area (Å²) in [6.45, 7) is 9.27. The van der Waals surface area contributed by atoms with Crippen molar-refractivity contribution in [2.45, 2.75) is 47.0 Å². The molecule has 3 heteroatoms.